The van der Waals surface area contributed by atoms with E-state index in [0.717, 1.165) is 43.4 Å². The minimum Gasteiger partial charge on any atom is -0.477 e. The van der Waals surface area contributed by atoms with E-state index in [4.69, 9.17) is 5.11 Å². The van der Waals surface area contributed by atoms with Gasteiger partial charge in [0.1, 0.15) is 4.88 Å². The molecule has 0 aromatic carbocycles. The molecule has 0 saturated heterocycles. The van der Waals surface area contributed by atoms with Crippen LogP contribution in [0.15, 0.2) is 24.3 Å². The predicted octanol–water partition coefficient (Wildman–Crippen LogP) is 4.79. The van der Waals surface area contributed by atoms with Crippen molar-refractivity contribution in [3.05, 3.63) is 34.0 Å². The summed E-state index contributed by atoms with van der Waals surface area (Å²) in [4.78, 5) is 12.4. The molecular weight excluding hydrogens is 398 g/mol. The summed E-state index contributed by atoms with van der Waals surface area (Å²) in [5, 5.41) is 39.8. The topological polar surface area (TPSA) is 102 Å². The van der Waals surface area contributed by atoms with Crippen molar-refractivity contribution in [2.45, 2.75) is 76.9 Å². The van der Waals surface area contributed by atoms with Gasteiger partial charge in [0.25, 0.3) is 0 Å². The number of hydrogen-bond donors (Lipinski definition) is 3. The van der Waals surface area contributed by atoms with Crippen molar-refractivity contribution in [1.82, 2.24) is 0 Å². The number of carbonyl (C=O) groups is 1. The lowest BCUT2D eigenvalue weighted by molar-refractivity contribution is -0.0355. The molecule has 0 bridgehead atoms. The van der Waals surface area contributed by atoms with Gasteiger partial charge in [0.05, 0.1) is 24.2 Å². The number of aliphatic hydroxyl groups excluding tert-OH is 2. The number of aliphatic hydroxyl groups is 2. The van der Waals surface area contributed by atoms with Crippen LogP contribution < -0.4 is 0 Å². The van der Waals surface area contributed by atoms with Gasteiger partial charge in [-0.2, -0.15) is 5.26 Å². The molecule has 0 amide bonds. The number of aromatic carboxylic acids is 1. The Kier molecular flexibility index (Phi) is 7.73. The Hall–Kier alpha value is -1.68. The molecule has 1 unspecified atom stereocenters. The highest BCUT2D eigenvalue weighted by Gasteiger charge is 2.42. The van der Waals surface area contributed by atoms with Crippen LogP contribution in [0.25, 0.3) is 0 Å². The van der Waals surface area contributed by atoms with Gasteiger partial charge in [0.15, 0.2) is 0 Å². The molecule has 1 heterocycles. The van der Waals surface area contributed by atoms with Gasteiger partial charge in [0.2, 0.25) is 0 Å². The van der Waals surface area contributed by atoms with E-state index in [1.165, 1.54) is 17.8 Å². The molecule has 164 valence electrons. The van der Waals surface area contributed by atoms with Crippen LogP contribution in [-0.4, -0.2) is 33.5 Å². The third-order valence-corrected chi connectivity index (χ3v) is 8.56. The standard InChI is InChI=1S/C24H33NO4S/c1-2-24(12-5-13-24)22(27)9-4-8-19-18(16(15-25)14-20(19)26)7-3-6-17-10-11-21(30-17)23(28)29/h4,8,10-11,16,18-20,22,26-27H,2-3,5-7,9,12-14H2,1H3,(H,28,29)/b8-4+/t16-,18-,19+,20+,22?/m0/s1. The summed E-state index contributed by atoms with van der Waals surface area (Å²) in [5.74, 6) is -1.01. The molecule has 3 rings (SSSR count). The van der Waals surface area contributed by atoms with E-state index in [9.17, 15) is 20.3 Å². The molecule has 2 aliphatic rings. The van der Waals surface area contributed by atoms with Crippen LogP contribution >= 0.6 is 11.3 Å². The summed E-state index contributed by atoms with van der Waals surface area (Å²) in [6.45, 7) is 2.15. The van der Waals surface area contributed by atoms with E-state index in [1.54, 1.807) is 6.07 Å². The van der Waals surface area contributed by atoms with E-state index in [2.05, 4.69) is 13.0 Å². The number of aryl methyl sites for hydroxylation is 1. The second-order valence-corrected chi connectivity index (χ2v) is 10.2. The van der Waals surface area contributed by atoms with Crippen LogP contribution in [0.3, 0.4) is 0 Å². The minimum absolute atomic E-state index is 0.0567. The molecule has 6 heteroatoms. The molecule has 2 aliphatic carbocycles. The highest BCUT2D eigenvalue weighted by molar-refractivity contribution is 7.13. The van der Waals surface area contributed by atoms with Crippen molar-refractivity contribution in [2.75, 3.05) is 0 Å². The van der Waals surface area contributed by atoms with Crippen LogP contribution in [0.5, 0.6) is 0 Å². The predicted molar refractivity (Wildman–Crippen MR) is 117 cm³/mol. The normalized spacial score (nSPS) is 28.9. The lowest BCUT2D eigenvalue weighted by Gasteiger charge is -2.45. The van der Waals surface area contributed by atoms with E-state index >= 15 is 0 Å². The molecule has 5 atom stereocenters. The fourth-order valence-corrected chi connectivity index (χ4v) is 6.15. The lowest BCUT2D eigenvalue weighted by atomic mass is 9.63. The Bertz CT molecular complexity index is 786. The van der Waals surface area contributed by atoms with Gasteiger partial charge in [-0.15, -0.1) is 11.3 Å². The van der Waals surface area contributed by atoms with E-state index in [1.807, 2.05) is 18.2 Å². The third kappa shape index (κ3) is 4.96. The zero-order valence-electron chi connectivity index (χ0n) is 17.7. The number of thiophene rings is 1. The maximum absolute atomic E-state index is 11.0. The van der Waals surface area contributed by atoms with E-state index in [-0.39, 0.29) is 29.3 Å². The Morgan fingerprint density at radius 1 is 1.43 bits per heavy atom. The van der Waals surface area contributed by atoms with E-state index < -0.39 is 12.1 Å². The summed E-state index contributed by atoms with van der Waals surface area (Å²) in [6, 6.07) is 5.88. The Labute approximate surface area is 183 Å². The number of carboxylic acids is 1. The van der Waals surface area contributed by atoms with Gasteiger partial charge in [0, 0.05) is 10.8 Å². The van der Waals surface area contributed by atoms with Crippen molar-refractivity contribution in [1.29, 1.82) is 5.26 Å². The maximum Gasteiger partial charge on any atom is 0.345 e. The zero-order valence-corrected chi connectivity index (χ0v) is 18.5. The number of nitrogens with zero attached hydrogens (tertiary/aromatic N) is 1. The van der Waals surface area contributed by atoms with Crippen LogP contribution in [-0.2, 0) is 6.42 Å². The van der Waals surface area contributed by atoms with Gasteiger partial charge >= 0.3 is 5.97 Å². The van der Waals surface area contributed by atoms with Crippen molar-refractivity contribution in [2.24, 2.45) is 23.2 Å². The van der Waals surface area contributed by atoms with Crippen LogP contribution in [0.4, 0.5) is 0 Å². The van der Waals surface area contributed by atoms with Gasteiger partial charge in [-0.05, 0) is 74.8 Å². The smallest absolute Gasteiger partial charge is 0.345 e. The summed E-state index contributed by atoms with van der Waals surface area (Å²) >= 11 is 1.30. The van der Waals surface area contributed by atoms with Crippen LogP contribution in [0.2, 0.25) is 0 Å². The first-order chi connectivity index (χ1) is 14.4. The molecule has 2 saturated carbocycles. The third-order valence-electron chi connectivity index (χ3n) is 7.43. The highest BCUT2D eigenvalue weighted by Crippen LogP contribution is 2.48. The van der Waals surface area contributed by atoms with Gasteiger partial charge in [-0.1, -0.05) is 25.5 Å². The quantitative estimate of drug-likeness (QED) is 0.462. The fraction of sp³-hybridized carbons (Fsp3) is 0.667. The molecule has 30 heavy (non-hydrogen) atoms. The number of hydrogen-bond acceptors (Lipinski definition) is 5. The molecule has 0 aliphatic heterocycles. The summed E-state index contributed by atoms with van der Waals surface area (Å²) < 4.78 is 0. The average Bonchev–Trinajstić information content (AvgIpc) is 3.27. The van der Waals surface area contributed by atoms with Crippen LogP contribution in [0.1, 0.15) is 72.8 Å². The molecule has 2 fully saturated rings. The lowest BCUT2D eigenvalue weighted by Crippen LogP contribution is -2.40. The van der Waals surface area contributed by atoms with Gasteiger partial charge in [-0.25, -0.2) is 4.79 Å². The summed E-state index contributed by atoms with van der Waals surface area (Å²) in [5.41, 5.74) is 0.0722. The monoisotopic (exact) mass is 431 g/mol. The molecule has 3 N–H and O–H groups in total. The SMILES string of the molecule is CCC1(C(O)C/C=C/[C@@H]2[C@@H](CCCc3ccc(C(=O)O)s3)[C@H](C#N)C[C@H]2O)CCC1. The second kappa shape index (κ2) is 10.1. The van der Waals surface area contributed by atoms with Gasteiger partial charge in [-0.3, -0.25) is 0 Å². The molecule has 0 spiro atoms. The first-order valence-corrected chi connectivity index (χ1v) is 12.0. The van der Waals surface area contributed by atoms with Crippen LogP contribution in [0, 0.1) is 34.5 Å². The Balaban J connectivity index is 1.56. The largest absolute Gasteiger partial charge is 0.477 e. The number of nitriles is 1. The molecule has 1 aromatic heterocycles. The average molecular weight is 432 g/mol. The van der Waals surface area contributed by atoms with Crippen molar-refractivity contribution < 1.29 is 20.1 Å². The van der Waals surface area contributed by atoms with Gasteiger partial charge < -0.3 is 15.3 Å². The number of rotatable bonds is 10. The van der Waals surface area contributed by atoms with Crippen molar-refractivity contribution in [3.8, 4) is 6.07 Å². The first-order valence-electron chi connectivity index (χ1n) is 11.1. The Morgan fingerprint density at radius 2 is 2.20 bits per heavy atom. The minimum atomic E-state index is -0.895. The summed E-state index contributed by atoms with van der Waals surface area (Å²) in [6.07, 6.45) is 11.2. The molecular formula is C24H33NO4S. The maximum atomic E-state index is 11.0. The highest BCUT2D eigenvalue weighted by atomic mass is 32.1. The summed E-state index contributed by atoms with van der Waals surface area (Å²) in [7, 11) is 0. The van der Waals surface area contributed by atoms with Crippen molar-refractivity contribution >= 4 is 17.3 Å². The fourth-order valence-electron chi connectivity index (χ4n) is 5.27. The first kappa shape index (κ1) is 23.0. The second-order valence-electron chi connectivity index (χ2n) is 8.99. The molecule has 1 aromatic rings. The Morgan fingerprint density at radius 3 is 2.77 bits per heavy atom. The number of carboxylic acid groups (broad SMARTS) is 1. The molecule has 0 radical (unpaired) electrons. The van der Waals surface area contributed by atoms with Crippen molar-refractivity contribution in [3.63, 3.8) is 0 Å². The van der Waals surface area contributed by atoms with E-state index in [0.29, 0.717) is 17.7 Å². The zero-order chi connectivity index (χ0) is 21.7. The molecule has 5 nitrogen and oxygen atoms in total.